The number of hydrogen-bond donors (Lipinski definition) is 2. The molecule has 1 amide bonds. The smallest absolute Gasteiger partial charge is 0.273 e. The fraction of sp³-hybridized carbons (Fsp3) is 0.241. The van der Waals surface area contributed by atoms with Gasteiger partial charge in [-0.2, -0.15) is 5.10 Å². The van der Waals surface area contributed by atoms with Crippen molar-refractivity contribution in [2.75, 3.05) is 13.7 Å². The molecule has 2 N–H and O–H groups in total. The van der Waals surface area contributed by atoms with Crippen molar-refractivity contribution in [3.63, 3.8) is 0 Å². The summed E-state index contributed by atoms with van der Waals surface area (Å²) in [6, 6.07) is 18.5. The third-order valence-electron chi connectivity index (χ3n) is 6.60. The maximum absolute atomic E-state index is 13.4. The molecule has 2 heterocycles. The number of carbonyl (C=O) groups is 1. The Morgan fingerprint density at radius 3 is 2.62 bits per heavy atom. The summed E-state index contributed by atoms with van der Waals surface area (Å²) in [5.41, 5.74) is 4.74. The molecule has 0 aliphatic carbocycles. The number of aromatic hydroxyl groups is 1. The highest BCUT2D eigenvalue weighted by molar-refractivity contribution is 6.31. The Bertz CT molecular complexity index is 1450. The van der Waals surface area contributed by atoms with Gasteiger partial charge in [0.2, 0.25) is 0 Å². The fourth-order valence-electron chi connectivity index (χ4n) is 4.78. The van der Waals surface area contributed by atoms with Gasteiger partial charge >= 0.3 is 0 Å². The number of nitrogens with one attached hydrogen (secondary N) is 1. The van der Waals surface area contributed by atoms with Crippen molar-refractivity contribution in [2.45, 2.75) is 32.9 Å². The predicted molar refractivity (Wildman–Crippen MR) is 142 cm³/mol. The number of hydrogen-bond acceptors (Lipinski definition) is 5. The van der Waals surface area contributed by atoms with Crippen LogP contribution in [-0.2, 0) is 6.61 Å². The highest BCUT2D eigenvalue weighted by Gasteiger charge is 2.42. The second-order valence-corrected chi connectivity index (χ2v) is 9.47. The number of nitrogens with zero attached hydrogens (tertiary/aromatic N) is 2. The van der Waals surface area contributed by atoms with Gasteiger partial charge in [0, 0.05) is 22.7 Å². The average molecular weight is 518 g/mol. The van der Waals surface area contributed by atoms with Gasteiger partial charge in [-0.1, -0.05) is 54.9 Å². The summed E-state index contributed by atoms with van der Waals surface area (Å²) in [5.74, 6) is 1.09. The topological polar surface area (TPSA) is 87.7 Å². The van der Waals surface area contributed by atoms with Crippen LogP contribution in [0.5, 0.6) is 17.2 Å². The summed E-state index contributed by atoms with van der Waals surface area (Å²) in [7, 11) is 1.60. The first kappa shape index (κ1) is 24.7. The monoisotopic (exact) mass is 517 g/mol. The Labute approximate surface area is 220 Å². The first-order chi connectivity index (χ1) is 17.9. The lowest BCUT2D eigenvalue weighted by Crippen LogP contribution is -2.30. The number of benzene rings is 3. The van der Waals surface area contributed by atoms with E-state index in [0.717, 1.165) is 23.1 Å². The number of fused-ring (bicyclic) bond motifs is 1. The normalized spacial score (nSPS) is 14.6. The van der Waals surface area contributed by atoms with Gasteiger partial charge in [-0.25, -0.2) is 0 Å². The van der Waals surface area contributed by atoms with Gasteiger partial charge < -0.3 is 19.5 Å². The highest BCUT2D eigenvalue weighted by Crippen LogP contribution is 2.46. The first-order valence-corrected chi connectivity index (χ1v) is 12.5. The van der Waals surface area contributed by atoms with E-state index in [1.165, 1.54) is 0 Å². The Kier molecular flexibility index (Phi) is 6.80. The van der Waals surface area contributed by atoms with Crippen molar-refractivity contribution in [2.24, 2.45) is 0 Å². The summed E-state index contributed by atoms with van der Waals surface area (Å²) in [6.45, 7) is 4.82. The number of carbonyl (C=O) groups excluding carboxylic acids is 1. The minimum atomic E-state index is -0.423. The third-order valence-corrected chi connectivity index (χ3v) is 7.01. The molecule has 0 bridgehead atoms. The lowest BCUT2D eigenvalue weighted by atomic mass is 9.95. The number of aromatic amines is 1. The van der Waals surface area contributed by atoms with E-state index in [-0.39, 0.29) is 11.7 Å². The summed E-state index contributed by atoms with van der Waals surface area (Å²) in [4.78, 5) is 15.2. The van der Waals surface area contributed by atoms with E-state index < -0.39 is 6.04 Å². The quantitative estimate of drug-likeness (QED) is 0.287. The van der Waals surface area contributed by atoms with Crippen LogP contribution in [0, 0.1) is 6.92 Å². The summed E-state index contributed by atoms with van der Waals surface area (Å²) >= 11 is 6.39. The maximum Gasteiger partial charge on any atom is 0.273 e. The molecule has 1 unspecified atom stereocenters. The van der Waals surface area contributed by atoms with E-state index in [1.807, 2.05) is 67.3 Å². The Hall–Kier alpha value is -3.97. The van der Waals surface area contributed by atoms with E-state index in [9.17, 15) is 9.90 Å². The van der Waals surface area contributed by atoms with Gasteiger partial charge in [0.15, 0.2) is 11.5 Å². The molecule has 1 aliphatic rings. The van der Waals surface area contributed by atoms with Crippen molar-refractivity contribution >= 4 is 17.5 Å². The molecule has 7 nitrogen and oxygen atoms in total. The van der Waals surface area contributed by atoms with E-state index in [2.05, 4.69) is 10.2 Å². The molecule has 1 aromatic heterocycles. The van der Waals surface area contributed by atoms with Crippen molar-refractivity contribution in [3.05, 3.63) is 93.6 Å². The lowest BCUT2D eigenvalue weighted by molar-refractivity contribution is 0.0743. The SMILES string of the molecule is CCCN1C(=O)c2[nH]nc(-c3cc(Cl)c(C)cc3O)c2C1c1ccc(OCc2ccccc2)c(OC)c1. The largest absolute Gasteiger partial charge is 0.507 e. The zero-order chi connectivity index (χ0) is 26.1. The number of methoxy groups -OCH3 is 1. The van der Waals surface area contributed by atoms with Gasteiger partial charge in [0.1, 0.15) is 23.7 Å². The van der Waals surface area contributed by atoms with Crippen LogP contribution in [-0.4, -0.2) is 39.8 Å². The zero-order valence-corrected chi connectivity index (χ0v) is 21.7. The number of H-pyrrole nitrogens is 1. The predicted octanol–water partition coefficient (Wildman–Crippen LogP) is 6.29. The number of phenols is 1. The molecule has 0 spiro atoms. The van der Waals surface area contributed by atoms with Crippen LogP contribution in [0.4, 0.5) is 0 Å². The molecular weight excluding hydrogens is 490 g/mol. The second-order valence-electron chi connectivity index (χ2n) is 9.07. The van der Waals surface area contributed by atoms with Crippen molar-refractivity contribution in [3.8, 4) is 28.5 Å². The molecule has 1 atom stereocenters. The molecule has 37 heavy (non-hydrogen) atoms. The minimum absolute atomic E-state index is 0.0542. The Morgan fingerprint density at radius 1 is 1.11 bits per heavy atom. The average Bonchev–Trinajstić information content (AvgIpc) is 3.44. The Morgan fingerprint density at radius 2 is 1.89 bits per heavy atom. The molecule has 0 fully saturated rings. The van der Waals surface area contributed by atoms with Gasteiger partial charge in [-0.15, -0.1) is 0 Å². The van der Waals surface area contributed by atoms with Crippen LogP contribution in [0.25, 0.3) is 11.3 Å². The van der Waals surface area contributed by atoms with Crippen LogP contribution in [0.15, 0.2) is 60.7 Å². The van der Waals surface area contributed by atoms with Crippen molar-refractivity contribution < 1.29 is 19.4 Å². The summed E-state index contributed by atoms with van der Waals surface area (Å²) in [6.07, 6.45) is 0.784. The standard InChI is InChI=1S/C29H28ClN3O4/c1-4-12-33-28(19-10-11-23(24(14-19)36-3)37-16-18-8-6-5-7-9-18)25-26(31-32-27(25)29(33)35)20-15-21(30)17(2)13-22(20)34/h5-11,13-15,28,34H,4,12,16H2,1-3H3,(H,31,32). The van der Waals surface area contributed by atoms with Crippen LogP contribution in [0.2, 0.25) is 5.02 Å². The molecule has 1 aliphatic heterocycles. The molecule has 0 saturated heterocycles. The van der Waals surface area contributed by atoms with Crippen LogP contribution in [0.3, 0.4) is 0 Å². The molecule has 0 radical (unpaired) electrons. The van der Waals surface area contributed by atoms with Gasteiger partial charge in [-0.05, 0) is 54.3 Å². The molecule has 0 saturated carbocycles. The molecular formula is C29H28ClN3O4. The number of aryl methyl sites for hydroxylation is 1. The number of rotatable bonds is 8. The van der Waals surface area contributed by atoms with E-state index in [1.54, 1.807) is 19.2 Å². The molecule has 3 aromatic carbocycles. The summed E-state index contributed by atoms with van der Waals surface area (Å²) in [5, 5.41) is 18.6. The third kappa shape index (κ3) is 4.51. The number of aromatic nitrogens is 2. The Balaban J connectivity index is 1.57. The molecule has 4 aromatic rings. The van der Waals surface area contributed by atoms with Crippen LogP contribution < -0.4 is 9.47 Å². The second kappa shape index (κ2) is 10.2. The van der Waals surface area contributed by atoms with Gasteiger partial charge in [-0.3, -0.25) is 9.89 Å². The van der Waals surface area contributed by atoms with Crippen molar-refractivity contribution in [1.82, 2.24) is 15.1 Å². The minimum Gasteiger partial charge on any atom is -0.507 e. The molecule has 8 heteroatoms. The first-order valence-electron chi connectivity index (χ1n) is 12.2. The number of ether oxygens (including phenoxy) is 2. The number of halogens is 1. The van der Waals surface area contributed by atoms with Crippen molar-refractivity contribution in [1.29, 1.82) is 0 Å². The van der Waals surface area contributed by atoms with E-state index in [0.29, 0.717) is 52.2 Å². The molecule has 190 valence electrons. The van der Waals surface area contributed by atoms with E-state index >= 15 is 0 Å². The number of amides is 1. The molecule has 5 rings (SSSR count). The van der Waals surface area contributed by atoms with Gasteiger partial charge in [0.05, 0.1) is 13.2 Å². The van der Waals surface area contributed by atoms with E-state index in [4.69, 9.17) is 21.1 Å². The van der Waals surface area contributed by atoms with Crippen LogP contribution >= 0.6 is 11.6 Å². The highest BCUT2D eigenvalue weighted by atomic mass is 35.5. The number of phenolic OH excluding ortho intramolecular Hbond substituents is 1. The summed E-state index contributed by atoms with van der Waals surface area (Å²) < 4.78 is 11.7. The zero-order valence-electron chi connectivity index (χ0n) is 20.9. The fourth-order valence-corrected chi connectivity index (χ4v) is 4.95. The maximum atomic E-state index is 13.4. The van der Waals surface area contributed by atoms with Gasteiger partial charge in [0.25, 0.3) is 5.91 Å². The lowest BCUT2D eigenvalue weighted by Gasteiger charge is -2.26. The van der Waals surface area contributed by atoms with Crippen LogP contribution in [0.1, 0.15) is 52.1 Å².